The SMILES string of the molecule is CC(C)Nc1ncccc1-c1ncnc(Nc2ccc3[nH]ncc3c2)n1.Clc1ncccc1-c1ncnc(Nc2ccc3[nH]ncc3c2)n1. The van der Waals surface area contributed by atoms with E-state index in [0.717, 1.165) is 44.6 Å². The monoisotopic (exact) mass is 669 g/mol. The number of hydrogen-bond donors (Lipinski definition) is 5. The number of rotatable bonds is 8. The fourth-order valence-electron chi connectivity index (χ4n) is 4.80. The minimum absolute atomic E-state index is 0.254. The number of H-pyrrole nitrogens is 2. The van der Waals surface area contributed by atoms with Crippen molar-refractivity contribution < 1.29 is 0 Å². The molecule has 0 unspecified atom stereocenters. The molecule has 8 rings (SSSR count). The van der Waals surface area contributed by atoms with Crippen LogP contribution in [0.1, 0.15) is 13.8 Å². The van der Waals surface area contributed by atoms with Gasteiger partial charge in [-0.3, -0.25) is 10.2 Å². The van der Waals surface area contributed by atoms with Crippen molar-refractivity contribution in [3.8, 4) is 22.8 Å². The van der Waals surface area contributed by atoms with E-state index in [0.29, 0.717) is 34.3 Å². The van der Waals surface area contributed by atoms with E-state index in [-0.39, 0.29) is 6.04 Å². The minimum Gasteiger partial charge on any atom is -0.367 e. The maximum atomic E-state index is 6.08. The first-order chi connectivity index (χ1) is 24.0. The normalized spacial score (nSPS) is 10.9. The Bertz CT molecular complexity index is 2350. The highest BCUT2D eigenvalue weighted by molar-refractivity contribution is 6.31. The third-order valence-electron chi connectivity index (χ3n) is 7.01. The molecule has 0 spiro atoms. The van der Waals surface area contributed by atoms with Gasteiger partial charge < -0.3 is 16.0 Å². The van der Waals surface area contributed by atoms with Crippen molar-refractivity contribution in [3.63, 3.8) is 0 Å². The fourth-order valence-corrected chi connectivity index (χ4v) is 5.00. The first-order valence-electron chi connectivity index (χ1n) is 15.1. The van der Waals surface area contributed by atoms with Gasteiger partial charge in [0.1, 0.15) is 23.6 Å². The predicted molar refractivity (Wildman–Crippen MR) is 189 cm³/mol. The lowest BCUT2D eigenvalue weighted by atomic mass is 10.2. The van der Waals surface area contributed by atoms with E-state index in [2.05, 4.69) is 90.1 Å². The molecule has 242 valence electrons. The molecule has 0 aliphatic heterocycles. The van der Waals surface area contributed by atoms with Gasteiger partial charge >= 0.3 is 0 Å². The molecule has 0 atom stereocenters. The van der Waals surface area contributed by atoms with Gasteiger partial charge in [0.05, 0.1) is 34.6 Å². The highest BCUT2D eigenvalue weighted by Crippen LogP contribution is 2.26. The summed E-state index contributed by atoms with van der Waals surface area (Å²) >= 11 is 6.08. The molecule has 0 saturated heterocycles. The van der Waals surface area contributed by atoms with Crippen LogP contribution in [-0.4, -0.2) is 66.3 Å². The molecule has 15 nitrogen and oxygen atoms in total. The van der Waals surface area contributed by atoms with E-state index in [1.54, 1.807) is 30.9 Å². The van der Waals surface area contributed by atoms with E-state index in [1.807, 2.05) is 54.6 Å². The highest BCUT2D eigenvalue weighted by atomic mass is 35.5. The number of anilines is 5. The Morgan fingerprint density at radius 3 is 1.76 bits per heavy atom. The van der Waals surface area contributed by atoms with Gasteiger partial charge in [-0.2, -0.15) is 20.2 Å². The lowest BCUT2D eigenvalue weighted by Crippen LogP contribution is -2.12. The number of fused-ring (bicyclic) bond motifs is 2. The first-order valence-corrected chi connectivity index (χ1v) is 15.5. The zero-order valence-corrected chi connectivity index (χ0v) is 26.9. The molecule has 2 aromatic carbocycles. The van der Waals surface area contributed by atoms with Gasteiger partial charge in [-0.15, -0.1) is 0 Å². The average molecular weight is 670 g/mol. The first kappa shape index (κ1) is 31.0. The molecule has 0 fully saturated rings. The number of halogens is 1. The quantitative estimate of drug-likeness (QED) is 0.109. The van der Waals surface area contributed by atoms with Crippen LogP contribution in [0.5, 0.6) is 0 Å². The maximum Gasteiger partial charge on any atom is 0.230 e. The second-order valence-electron chi connectivity index (χ2n) is 10.9. The van der Waals surface area contributed by atoms with Gasteiger partial charge in [0.2, 0.25) is 11.9 Å². The van der Waals surface area contributed by atoms with E-state index in [1.165, 1.54) is 12.7 Å². The van der Waals surface area contributed by atoms with Gasteiger partial charge in [-0.05, 0) is 74.5 Å². The Morgan fingerprint density at radius 1 is 0.633 bits per heavy atom. The zero-order valence-electron chi connectivity index (χ0n) is 26.2. The van der Waals surface area contributed by atoms with Crippen LogP contribution in [0.3, 0.4) is 0 Å². The van der Waals surface area contributed by atoms with E-state index >= 15 is 0 Å². The smallest absolute Gasteiger partial charge is 0.230 e. The Morgan fingerprint density at radius 2 is 1.18 bits per heavy atom. The van der Waals surface area contributed by atoms with Crippen molar-refractivity contribution in [2.75, 3.05) is 16.0 Å². The van der Waals surface area contributed by atoms with Crippen LogP contribution in [0.15, 0.2) is 98.1 Å². The molecule has 0 aliphatic carbocycles. The molecule has 0 amide bonds. The molecular formula is C33H28ClN15. The number of nitrogens with one attached hydrogen (secondary N) is 5. The van der Waals surface area contributed by atoms with Crippen LogP contribution in [-0.2, 0) is 0 Å². The predicted octanol–water partition coefficient (Wildman–Crippen LogP) is 6.58. The second-order valence-corrected chi connectivity index (χ2v) is 11.3. The van der Waals surface area contributed by atoms with Gasteiger partial charge in [0, 0.05) is 40.6 Å². The fraction of sp³-hybridized carbons (Fsp3) is 0.0909. The largest absolute Gasteiger partial charge is 0.367 e. The molecular weight excluding hydrogens is 642 g/mol. The maximum absolute atomic E-state index is 6.08. The molecule has 0 bridgehead atoms. The van der Waals surface area contributed by atoms with E-state index in [9.17, 15) is 0 Å². The van der Waals surface area contributed by atoms with Crippen LogP contribution < -0.4 is 16.0 Å². The average Bonchev–Trinajstić information content (AvgIpc) is 3.78. The number of nitrogens with zero attached hydrogens (tertiary/aromatic N) is 10. The summed E-state index contributed by atoms with van der Waals surface area (Å²) in [5.74, 6) is 2.67. The number of benzene rings is 2. The van der Waals surface area contributed by atoms with Gasteiger partial charge in [-0.1, -0.05) is 11.6 Å². The Hall–Kier alpha value is -6.61. The van der Waals surface area contributed by atoms with Gasteiger partial charge in [-0.25, -0.2) is 29.9 Å². The zero-order chi connectivity index (χ0) is 33.6. The lowest BCUT2D eigenvalue weighted by Gasteiger charge is -2.13. The van der Waals surface area contributed by atoms with Crippen LogP contribution in [0.25, 0.3) is 44.6 Å². The Kier molecular flexibility index (Phi) is 8.88. The van der Waals surface area contributed by atoms with E-state index in [4.69, 9.17) is 11.6 Å². The molecule has 6 heterocycles. The summed E-state index contributed by atoms with van der Waals surface area (Å²) in [6, 6.07) is 19.3. The summed E-state index contributed by atoms with van der Waals surface area (Å²) in [5.41, 5.74) is 5.17. The lowest BCUT2D eigenvalue weighted by molar-refractivity contribution is 0.889. The summed E-state index contributed by atoms with van der Waals surface area (Å²) in [6.45, 7) is 4.12. The molecule has 6 aromatic heterocycles. The molecule has 49 heavy (non-hydrogen) atoms. The summed E-state index contributed by atoms with van der Waals surface area (Å²) in [4.78, 5) is 34.2. The van der Waals surface area contributed by atoms with Crippen molar-refractivity contribution in [1.82, 2.24) is 60.3 Å². The summed E-state index contributed by atoms with van der Waals surface area (Å²) in [5, 5.41) is 25.9. The molecule has 16 heteroatoms. The van der Waals surface area contributed by atoms with Crippen LogP contribution in [0.2, 0.25) is 5.15 Å². The third-order valence-corrected chi connectivity index (χ3v) is 7.31. The molecule has 0 aliphatic rings. The van der Waals surface area contributed by atoms with E-state index < -0.39 is 0 Å². The minimum atomic E-state index is 0.254. The molecule has 0 radical (unpaired) electrons. The molecule has 8 aromatic rings. The standard InChI is InChI=1S/C18H18N8.C15H10ClN7/c1-11(2)23-16-14(4-3-7-19-16)17-20-10-21-18(25-17)24-13-5-6-15-12(8-13)9-22-26-15;16-13-11(2-1-5-17-13)14-18-8-19-15(22-14)21-10-3-4-12-9(6-10)7-20-23-12/h3-11H,1-2H3,(H,19,23)(H,22,26)(H,20,21,24,25);1-8H,(H,20,23)(H,18,19,21,22). The number of pyridine rings is 2. The number of aromatic nitrogens is 12. The Labute approximate surface area is 284 Å². The summed E-state index contributed by atoms with van der Waals surface area (Å²) in [6.07, 6.45) is 9.83. The third kappa shape index (κ3) is 7.36. The van der Waals surface area contributed by atoms with Crippen LogP contribution in [0, 0.1) is 0 Å². The van der Waals surface area contributed by atoms with Crippen LogP contribution in [0.4, 0.5) is 29.1 Å². The van der Waals surface area contributed by atoms with Crippen LogP contribution >= 0.6 is 11.6 Å². The van der Waals surface area contributed by atoms with Gasteiger partial charge in [0.25, 0.3) is 0 Å². The van der Waals surface area contributed by atoms with Crippen molar-refractivity contribution >= 4 is 62.5 Å². The Balaban J connectivity index is 0.000000155. The summed E-state index contributed by atoms with van der Waals surface area (Å²) in [7, 11) is 0. The topological polar surface area (TPSA) is 197 Å². The highest BCUT2D eigenvalue weighted by Gasteiger charge is 2.12. The van der Waals surface area contributed by atoms with Crippen molar-refractivity contribution in [2.45, 2.75) is 19.9 Å². The molecule has 5 N–H and O–H groups in total. The van der Waals surface area contributed by atoms with Gasteiger partial charge in [0.15, 0.2) is 11.6 Å². The molecule has 0 saturated carbocycles. The second kappa shape index (κ2) is 14.0. The van der Waals surface area contributed by atoms with Crippen molar-refractivity contribution in [1.29, 1.82) is 0 Å². The summed E-state index contributed by atoms with van der Waals surface area (Å²) < 4.78 is 0. The number of hydrogen-bond acceptors (Lipinski definition) is 13. The van der Waals surface area contributed by atoms with Crippen molar-refractivity contribution in [3.05, 3.63) is 103 Å². The van der Waals surface area contributed by atoms with Crippen molar-refractivity contribution in [2.24, 2.45) is 0 Å². The number of aromatic amines is 2.